The van der Waals surface area contributed by atoms with E-state index >= 15 is 0 Å². The van der Waals surface area contributed by atoms with Crippen LogP contribution in [0.4, 0.5) is 0 Å². The molecule has 0 aliphatic rings. The lowest BCUT2D eigenvalue weighted by molar-refractivity contribution is 0.288. The van der Waals surface area contributed by atoms with Gasteiger partial charge in [-0.1, -0.05) is 47.1 Å². The standard InChI is InChI=1S/C19H19Cl2N3OS/c1-3-24-18(11-25-16-8-9-17(21)13(2)10-16)22-23-19(24)26-12-14-4-6-15(20)7-5-14/h4-10H,3,11-12H2,1-2H3. The molecule has 3 aromatic rings. The number of rotatable bonds is 7. The van der Waals surface area contributed by atoms with Crippen molar-refractivity contribution < 1.29 is 4.74 Å². The predicted octanol–water partition coefficient (Wildman–Crippen LogP) is 5.78. The van der Waals surface area contributed by atoms with E-state index in [1.165, 1.54) is 5.56 Å². The third-order valence-corrected chi connectivity index (χ3v) is 5.60. The molecule has 0 bridgehead atoms. The number of ether oxygens (including phenoxy) is 1. The van der Waals surface area contributed by atoms with Crippen LogP contribution in [0.1, 0.15) is 23.9 Å². The predicted molar refractivity (Wildman–Crippen MR) is 107 cm³/mol. The summed E-state index contributed by atoms with van der Waals surface area (Å²) in [6.45, 7) is 5.18. The minimum atomic E-state index is 0.365. The summed E-state index contributed by atoms with van der Waals surface area (Å²) in [7, 11) is 0. The molecule has 0 radical (unpaired) electrons. The van der Waals surface area contributed by atoms with Gasteiger partial charge >= 0.3 is 0 Å². The molecule has 0 unspecified atom stereocenters. The van der Waals surface area contributed by atoms with Gasteiger partial charge in [0.2, 0.25) is 0 Å². The van der Waals surface area contributed by atoms with Crippen molar-refractivity contribution in [1.29, 1.82) is 0 Å². The molecule has 0 fully saturated rings. The molecular weight excluding hydrogens is 389 g/mol. The number of benzene rings is 2. The fourth-order valence-electron chi connectivity index (χ4n) is 2.43. The Hall–Kier alpha value is -1.69. The molecule has 1 heterocycles. The minimum Gasteiger partial charge on any atom is -0.486 e. The molecule has 7 heteroatoms. The van der Waals surface area contributed by atoms with Crippen molar-refractivity contribution >= 4 is 35.0 Å². The zero-order valence-electron chi connectivity index (χ0n) is 14.6. The van der Waals surface area contributed by atoms with Gasteiger partial charge in [0, 0.05) is 22.3 Å². The van der Waals surface area contributed by atoms with E-state index in [1.54, 1.807) is 11.8 Å². The molecule has 0 spiro atoms. The van der Waals surface area contributed by atoms with Gasteiger partial charge in [-0.15, -0.1) is 10.2 Å². The number of aryl methyl sites for hydroxylation is 1. The van der Waals surface area contributed by atoms with E-state index in [2.05, 4.69) is 21.7 Å². The van der Waals surface area contributed by atoms with Crippen molar-refractivity contribution in [3.63, 3.8) is 0 Å². The highest BCUT2D eigenvalue weighted by atomic mass is 35.5. The van der Waals surface area contributed by atoms with Gasteiger partial charge < -0.3 is 9.30 Å². The highest BCUT2D eigenvalue weighted by Crippen LogP contribution is 2.24. The lowest BCUT2D eigenvalue weighted by Gasteiger charge is -2.10. The largest absolute Gasteiger partial charge is 0.486 e. The topological polar surface area (TPSA) is 39.9 Å². The Labute approximate surface area is 167 Å². The smallest absolute Gasteiger partial charge is 0.191 e. The molecule has 0 aliphatic carbocycles. The molecular formula is C19H19Cl2N3OS. The summed E-state index contributed by atoms with van der Waals surface area (Å²) in [6, 6.07) is 13.5. The number of nitrogens with zero attached hydrogens (tertiary/aromatic N) is 3. The third-order valence-electron chi connectivity index (χ3n) is 3.89. The van der Waals surface area contributed by atoms with E-state index in [4.69, 9.17) is 27.9 Å². The second kappa shape index (κ2) is 8.80. The van der Waals surface area contributed by atoms with E-state index in [9.17, 15) is 0 Å². The highest BCUT2D eigenvalue weighted by molar-refractivity contribution is 7.98. The first-order valence-corrected chi connectivity index (χ1v) is 9.99. The van der Waals surface area contributed by atoms with Crippen LogP contribution in [-0.4, -0.2) is 14.8 Å². The fraction of sp³-hybridized carbons (Fsp3) is 0.263. The van der Waals surface area contributed by atoms with Crippen LogP contribution in [0.25, 0.3) is 0 Å². The zero-order chi connectivity index (χ0) is 18.5. The maximum atomic E-state index is 6.05. The van der Waals surface area contributed by atoms with E-state index in [1.807, 2.05) is 49.4 Å². The summed E-state index contributed by atoms with van der Waals surface area (Å²) in [5.41, 5.74) is 2.18. The van der Waals surface area contributed by atoms with Crippen LogP contribution in [0.3, 0.4) is 0 Å². The monoisotopic (exact) mass is 407 g/mol. The number of halogens is 2. The summed E-state index contributed by atoms with van der Waals surface area (Å²) in [5, 5.41) is 11.0. The van der Waals surface area contributed by atoms with Crippen molar-refractivity contribution in [2.45, 2.75) is 37.9 Å². The Kier molecular flexibility index (Phi) is 6.46. The Balaban J connectivity index is 1.65. The van der Waals surface area contributed by atoms with Crippen LogP contribution < -0.4 is 4.74 Å². The molecule has 2 aromatic carbocycles. The average Bonchev–Trinajstić information content (AvgIpc) is 3.04. The first kappa shape index (κ1) is 19.1. The number of aromatic nitrogens is 3. The molecule has 0 atom stereocenters. The first-order valence-electron chi connectivity index (χ1n) is 8.25. The van der Waals surface area contributed by atoms with Gasteiger partial charge in [-0.25, -0.2) is 0 Å². The number of thioether (sulfide) groups is 1. The maximum absolute atomic E-state index is 6.05. The van der Waals surface area contributed by atoms with Crippen molar-refractivity contribution in [3.05, 3.63) is 69.5 Å². The van der Waals surface area contributed by atoms with Crippen molar-refractivity contribution in [3.8, 4) is 5.75 Å². The van der Waals surface area contributed by atoms with Crippen LogP contribution in [0.2, 0.25) is 10.0 Å². The lowest BCUT2D eigenvalue weighted by Crippen LogP contribution is -2.07. The summed E-state index contributed by atoms with van der Waals surface area (Å²) in [6.07, 6.45) is 0. The minimum absolute atomic E-state index is 0.365. The van der Waals surface area contributed by atoms with Crippen LogP contribution in [0.5, 0.6) is 5.75 Å². The number of hydrogen-bond donors (Lipinski definition) is 0. The van der Waals surface area contributed by atoms with Crippen LogP contribution in [0, 0.1) is 6.92 Å². The summed E-state index contributed by atoms with van der Waals surface area (Å²) in [5.74, 6) is 2.39. The van der Waals surface area contributed by atoms with E-state index in [0.29, 0.717) is 6.61 Å². The molecule has 136 valence electrons. The van der Waals surface area contributed by atoms with Crippen LogP contribution >= 0.6 is 35.0 Å². The fourth-order valence-corrected chi connectivity index (χ4v) is 3.65. The molecule has 1 aromatic heterocycles. The molecule has 4 nitrogen and oxygen atoms in total. The highest BCUT2D eigenvalue weighted by Gasteiger charge is 2.12. The molecule has 0 amide bonds. The van der Waals surface area contributed by atoms with Crippen molar-refractivity contribution in [2.75, 3.05) is 0 Å². The van der Waals surface area contributed by atoms with Crippen molar-refractivity contribution in [2.24, 2.45) is 0 Å². The summed E-state index contributed by atoms with van der Waals surface area (Å²) >= 11 is 13.6. The van der Waals surface area contributed by atoms with E-state index in [0.717, 1.165) is 44.6 Å². The van der Waals surface area contributed by atoms with Crippen LogP contribution in [-0.2, 0) is 18.9 Å². The van der Waals surface area contributed by atoms with Gasteiger partial charge in [0.25, 0.3) is 0 Å². The summed E-state index contributed by atoms with van der Waals surface area (Å²) < 4.78 is 7.93. The number of hydrogen-bond acceptors (Lipinski definition) is 4. The van der Waals surface area contributed by atoms with Gasteiger partial charge in [-0.05, 0) is 55.3 Å². The van der Waals surface area contributed by atoms with Crippen LogP contribution in [0.15, 0.2) is 47.6 Å². The second-order valence-corrected chi connectivity index (χ2v) is 7.54. The summed E-state index contributed by atoms with van der Waals surface area (Å²) in [4.78, 5) is 0. The van der Waals surface area contributed by atoms with Gasteiger partial charge in [-0.3, -0.25) is 0 Å². The molecule has 0 saturated heterocycles. The maximum Gasteiger partial charge on any atom is 0.191 e. The average molecular weight is 408 g/mol. The van der Waals surface area contributed by atoms with Gasteiger partial charge in [0.15, 0.2) is 11.0 Å². The first-order chi connectivity index (χ1) is 12.6. The molecule has 0 aliphatic heterocycles. The lowest BCUT2D eigenvalue weighted by atomic mass is 10.2. The second-order valence-electron chi connectivity index (χ2n) is 5.76. The van der Waals surface area contributed by atoms with Crippen molar-refractivity contribution in [1.82, 2.24) is 14.8 Å². The Morgan fingerprint density at radius 2 is 1.85 bits per heavy atom. The van der Waals surface area contributed by atoms with Gasteiger partial charge in [0.1, 0.15) is 12.4 Å². The molecule has 3 rings (SSSR count). The Morgan fingerprint density at radius 3 is 2.54 bits per heavy atom. The quantitative estimate of drug-likeness (QED) is 0.465. The van der Waals surface area contributed by atoms with E-state index < -0.39 is 0 Å². The third kappa shape index (κ3) is 4.72. The Morgan fingerprint density at radius 1 is 1.08 bits per heavy atom. The van der Waals surface area contributed by atoms with Gasteiger partial charge in [0.05, 0.1) is 0 Å². The SMILES string of the molecule is CCn1c(COc2ccc(Cl)c(C)c2)nnc1SCc1ccc(Cl)cc1. The van der Waals surface area contributed by atoms with Gasteiger partial charge in [-0.2, -0.15) is 0 Å². The molecule has 0 N–H and O–H groups in total. The zero-order valence-corrected chi connectivity index (χ0v) is 16.9. The van der Waals surface area contributed by atoms with E-state index in [-0.39, 0.29) is 0 Å². The normalized spacial score (nSPS) is 10.9. The molecule has 0 saturated carbocycles. The Bertz CT molecular complexity index is 881. The molecule has 26 heavy (non-hydrogen) atoms.